The van der Waals surface area contributed by atoms with Crippen molar-refractivity contribution in [3.8, 4) is 0 Å². The van der Waals surface area contributed by atoms with Crippen LogP contribution in [0.4, 0.5) is 0 Å². The Labute approximate surface area is 140 Å². The second-order valence-corrected chi connectivity index (χ2v) is 6.14. The number of hydrogen-bond acceptors (Lipinski definition) is 2. The van der Waals surface area contributed by atoms with Crippen LogP contribution in [-0.2, 0) is 11.2 Å². The molecule has 128 valence electrons. The quantitative estimate of drug-likeness (QED) is 0.477. The van der Waals surface area contributed by atoms with Crippen molar-refractivity contribution in [2.24, 2.45) is 10.9 Å². The Kier molecular flexibility index (Phi) is 7.95. The summed E-state index contributed by atoms with van der Waals surface area (Å²) in [7, 11) is 1.88. The number of nitrogens with zero attached hydrogens (tertiary/aromatic N) is 2. The van der Waals surface area contributed by atoms with E-state index in [2.05, 4.69) is 45.5 Å². The molecule has 0 saturated carbocycles. The Morgan fingerprint density at radius 3 is 2.65 bits per heavy atom. The molecular formula is C19H31N3O. The normalized spacial score (nSPS) is 16.6. The predicted molar refractivity (Wildman–Crippen MR) is 96.9 cm³/mol. The molecule has 0 aromatic heterocycles. The molecule has 0 unspecified atom stereocenters. The lowest BCUT2D eigenvalue weighted by Gasteiger charge is -2.34. The Bertz CT molecular complexity index is 453. The number of nitrogens with one attached hydrogen (secondary N) is 1. The van der Waals surface area contributed by atoms with Crippen LogP contribution >= 0.6 is 0 Å². The van der Waals surface area contributed by atoms with E-state index in [0.29, 0.717) is 0 Å². The van der Waals surface area contributed by atoms with Crippen LogP contribution in [0.15, 0.2) is 35.3 Å². The van der Waals surface area contributed by atoms with Crippen LogP contribution in [0.25, 0.3) is 0 Å². The standard InChI is InChI=1S/C19H31N3O/c1-3-23-15-7-12-21-19(20-2)22-13-10-18(11-14-22)16-17-8-5-4-6-9-17/h4-6,8-9,18H,3,7,10-16H2,1-2H3,(H,20,21). The van der Waals surface area contributed by atoms with Gasteiger partial charge in [0.2, 0.25) is 0 Å². The van der Waals surface area contributed by atoms with Gasteiger partial charge >= 0.3 is 0 Å². The van der Waals surface area contributed by atoms with Gasteiger partial charge in [0.15, 0.2) is 5.96 Å². The Hall–Kier alpha value is -1.55. The topological polar surface area (TPSA) is 36.9 Å². The molecule has 4 nitrogen and oxygen atoms in total. The van der Waals surface area contributed by atoms with Gasteiger partial charge in [-0.1, -0.05) is 30.3 Å². The molecule has 1 fully saturated rings. The minimum Gasteiger partial charge on any atom is -0.382 e. The molecule has 2 rings (SSSR count). The second kappa shape index (κ2) is 10.3. The van der Waals surface area contributed by atoms with Gasteiger partial charge in [-0.3, -0.25) is 4.99 Å². The summed E-state index contributed by atoms with van der Waals surface area (Å²) in [6.45, 7) is 6.77. The van der Waals surface area contributed by atoms with Crippen LogP contribution in [0.2, 0.25) is 0 Å². The second-order valence-electron chi connectivity index (χ2n) is 6.14. The van der Waals surface area contributed by atoms with E-state index in [0.717, 1.165) is 51.1 Å². The minimum absolute atomic E-state index is 0.795. The zero-order chi connectivity index (χ0) is 16.3. The summed E-state index contributed by atoms with van der Waals surface area (Å²) in [5.74, 6) is 1.84. The van der Waals surface area contributed by atoms with Crippen molar-refractivity contribution in [3.63, 3.8) is 0 Å². The molecule has 0 spiro atoms. The average molecular weight is 317 g/mol. The smallest absolute Gasteiger partial charge is 0.193 e. The number of piperidine rings is 1. The summed E-state index contributed by atoms with van der Waals surface area (Å²) >= 11 is 0. The third-order valence-corrected chi connectivity index (χ3v) is 4.45. The van der Waals surface area contributed by atoms with Crippen LogP contribution in [0.5, 0.6) is 0 Å². The van der Waals surface area contributed by atoms with Crippen LogP contribution < -0.4 is 5.32 Å². The van der Waals surface area contributed by atoms with Crippen molar-refractivity contribution in [3.05, 3.63) is 35.9 Å². The van der Waals surface area contributed by atoms with E-state index in [-0.39, 0.29) is 0 Å². The molecule has 1 aliphatic heterocycles. The maximum atomic E-state index is 5.37. The van der Waals surface area contributed by atoms with Gasteiger partial charge in [0.25, 0.3) is 0 Å². The van der Waals surface area contributed by atoms with E-state index >= 15 is 0 Å². The fourth-order valence-corrected chi connectivity index (χ4v) is 3.15. The lowest BCUT2D eigenvalue weighted by molar-refractivity contribution is 0.145. The zero-order valence-electron chi connectivity index (χ0n) is 14.6. The molecule has 1 saturated heterocycles. The Morgan fingerprint density at radius 1 is 1.26 bits per heavy atom. The molecule has 1 aliphatic rings. The van der Waals surface area contributed by atoms with Crippen LogP contribution in [0, 0.1) is 5.92 Å². The molecule has 1 N–H and O–H groups in total. The van der Waals surface area contributed by atoms with Gasteiger partial charge in [0.1, 0.15) is 0 Å². The first-order valence-corrected chi connectivity index (χ1v) is 8.90. The molecule has 0 atom stereocenters. The van der Waals surface area contributed by atoms with Gasteiger partial charge in [-0.25, -0.2) is 0 Å². The van der Waals surface area contributed by atoms with Crippen molar-refractivity contribution in [1.82, 2.24) is 10.2 Å². The molecule has 0 bridgehead atoms. The van der Waals surface area contributed by atoms with E-state index in [1.165, 1.54) is 24.8 Å². The highest BCUT2D eigenvalue weighted by atomic mass is 16.5. The van der Waals surface area contributed by atoms with Crippen molar-refractivity contribution < 1.29 is 4.74 Å². The summed E-state index contributed by atoms with van der Waals surface area (Å²) in [5, 5.41) is 3.46. The van der Waals surface area contributed by atoms with E-state index < -0.39 is 0 Å². The Balaban J connectivity index is 1.69. The molecule has 23 heavy (non-hydrogen) atoms. The molecule has 0 aliphatic carbocycles. The monoisotopic (exact) mass is 317 g/mol. The highest BCUT2D eigenvalue weighted by Crippen LogP contribution is 2.21. The van der Waals surface area contributed by atoms with Crippen molar-refractivity contribution in [1.29, 1.82) is 0 Å². The molecule has 1 heterocycles. The molecule has 0 amide bonds. The fourth-order valence-electron chi connectivity index (χ4n) is 3.15. The van der Waals surface area contributed by atoms with Crippen molar-refractivity contribution >= 4 is 5.96 Å². The first-order valence-electron chi connectivity index (χ1n) is 8.90. The largest absolute Gasteiger partial charge is 0.382 e. The van der Waals surface area contributed by atoms with Gasteiger partial charge in [0.05, 0.1) is 0 Å². The lowest BCUT2D eigenvalue weighted by Crippen LogP contribution is -2.46. The van der Waals surface area contributed by atoms with Gasteiger partial charge in [-0.15, -0.1) is 0 Å². The number of ether oxygens (including phenoxy) is 1. The van der Waals surface area contributed by atoms with Gasteiger partial charge < -0.3 is 15.0 Å². The summed E-state index contributed by atoms with van der Waals surface area (Å²) in [6, 6.07) is 10.8. The molecule has 4 heteroatoms. The number of likely N-dealkylation sites (tertiary alicyclic amines) is 1. The van der Waals surface area contributed by atoms with E-state index in [1.54, 1.807) is 0 Å². The highest BCUT2D eigenvalue weighted by Gasteiger charge is 2.21. The number of rotatable bonds is 7. The third-order valence-electron chi connectivity index (χ3n) is 4.45. The summed E-state index contributed by atoms with van der Waals surface area (Å²) in [5.41, 5.74) is 1.46. The summed E-state index contributed by atoms with van der Waals surface area (Å²) in [4.78, 5) is 6.82. The zero-order valence-corrected chi connectivity index (χ0v) is 14.6. The first kappa shape index (κ1) is 17.8. The number of guanidine groups is 1. The predicted octanol–water partition coefficient (Wildman–Crippen LogP) is 2.94. The average Bonchev–Trinajstić information content (AvgIpc) is 2.60. The lowest BCUT2D eigenvalue weighted by atomic mass is 9.90. The highest BCUT2D eigenvalue weighted by molar-refractivity contribution is 5.79. The maximum absolute atomic E-state index is 5.37. The first-order chi connectivity index (χ1) is 11.3. The fraction of sp³-hybridized carbons (Fsp3) is 0.632. The SMILES string of the molecule is CCOCCCNC(=NC)N1CCC(Cc2ccccc2)CC1. The minimum atomic E-state index is 0.795. The van der Waals surface area contributed by atoms with E-state index in [9.17, 15) is 0 Å². The Morgan fingerprint density at radius 2 is 2.00 bits per heavy atom. The van der Waals surface area contributed by atoms with E-state index in [1.807, 2.05) is 14.0 Å². The van der Waals surface area contributed by atoms with Crippen molar-refractivity contribution in [2.45, 2.75) is 32.6 Å². The van der Waals surface area contributed by atoms with Crippen LogP contribution in [-0.4, -0.2) is 50.8 Å². The number of hydrogen-bond donors (Lipinski definition) is 1. The van der Waals surface area contributed by atoms with Crippen LogP contribution in [0.3, 0.4) is 0 Å². The van der Waals surface area contributed by atoms with Crippen LogP contribution in [0.1, 0.15) is 31.7 Å². The van der Waals surface area contributed by atoms with Gasteiger partial charge in [-0.2, -0.15) is 0 Å². The maximum Gasteiger partial charge on any atom is 0.193 e. The molecule has 0 radical (unpaired) electrons. The number of aliphatic imine (C=N–C) groups is 1. The molecule has 1 aromatic carbocycles. The van der Waals surface area contributed by atoms with Gasteiger partial charge in [0, 0.05) is 39.9 Å². The summed E-state index contributed by atoms with van der Waals surface area (Å²) in [6.07, 6.45) is 4.72. The molecule has 1 aromatic rings. The van der Waals surface area contributed by atoms with E-state index in [4.69, 9.17) is 4.74 Å². The van der Waals surface area contributed by atoms with Crippen molar-refractivity contribution in [2.75, 3.05) is 39.9 Å². The summed E-state index contributed by atoms with van der Waals surface area (Å²) < 4.78 is 5.37. The third kappa shape index (κ3) is 6.22. The molecular weight excluding hydrogens is 286 g/mol. The number of benzene rings is 1. The van der Waals surface area contributed by atoms with Gasteiger partial charge in [-0.05, 0) is 44.1 Å².